The van der Waals surface area contributed by atoms with Gasteiger partial charge in [0, 0.05) is 36.1 Å². The molecule has 0 bridgehead atoms. The number of hydrogen-bond acceptors (Lipinski definition) is 3. The summed E-state index contributed by atoms with van der Waals surface area (Å²) in [5, 5.41) is 0. The summed E-state index contributed by atoms with van der Waals surface area (Å²) in [5.41, 5.74) is 7.59. The van der Waals surface area contributed by atoms with Crippen molar-refractivity contribution in [1.82, 2.24) is 9.55 Å². The van der Waals surface area contributed by atoms with Gasteiger partial charge in [-0.15, -0.1) is 0 Å². The third-order valence-corrected chi connectivity index (χ3v) is 2.93. The number of rotatable bonds is 5. The van der Waals surface area contributed by atoms with E-state index in [-0.39, 0.29) is 0 Å². The van der Waals surface area contributed by atoms with E-state index in [4.69, 9.17) is 10.5 Å². The second-order valence-corrected chi connectivity index (χ2v) is 4.29. The highest BCUT2D eigenvalue weighted by Gasteiger charge is 2.07. The summed E-state index contributed by atoms with van der Waals surface area (Å²) >= 11 is 0. The first kappa shape index (κ1) is 12.5. The Morgan fingerprint density at radius 2 is 2.22 bits per heavy atom. The fourth-order valence-corrected chi connectivity index (χ4v) is 2.01. The first-order valence-electron chi connectivity index (χ1n) is 6.17. The zero-order chi connectivity index (χ0) is 13.0. The smallest absolute Gasteiger partial charge is 0.125 e. The Morgan fingerprint density at radius 3 is 2.94 bits per heavy atom. The zero-order valence-electron chi connectivity index (χ0n) is 10.9. The average molecular weight is 245 g/mol. The number of imidazole rings is 1. The first-order chi connectivity index (χ1) is 8.74. The molecule has 0 saturated carbocycles. The molecular weight excluding hydrogens is 226 g/mol. The lowest BCUT2D eigenvalue weighted by molar-refractivity contribution is 0.408. The Hall–Kier alpha value is -1.97. The van der Waals surface area contributed by atoms with E-state index in [2.05, 4.69) is 16.5 Å². The van der Waals surface area contributed by atoms with Gasteiger partial charge in [0.15, 0.2) is 0 Å². The molecule has 4 nitrogen and oxygen atoms in total. The quantitative estimate of drug-likeness (QED) is 0.823. The Bertz CT molecular complexity index is 520. The minimum Gasteiger partial charge on any atom is -0.496 e. The SMILES string of the molecule is CCCc1nccn1Cc1ccc(N)cc1OC. The zero-order valence-corrected chi connectivity index (χ0v) is 10.9. The monoisotopic (exact) mass is 245 g/mol. The molecule has 0 aliphatic heterocycles. The normalized spacial score (nSPS) is 10.6. The van der Waals surface area contributed by atoms with Crippen LogP contribution in [0.3, 0.4) is 0 Å². The van der Waals surface area contributed by atoms with Crippen molar-refractivity contribution in [1.29, 1.82) is 0 Å². The van der Waals surface area contributed by atoms with Crippen molar-refractivity contribution in [2.75, 3.05) is 12.8 Å². The molecule has 0 fully saturated rings. The maximum atomic E-state index is 5.75. The summed E-state index contributed by atoms with van der Waals surface area (Å²) in [6, 6.07) is 5.75. The fraction of sp³-hybridized carbons (Fsp3) is 0.357. The number of methoxy groups -OCH3 is 1. The number of nitrogens with zero attached hydrogens (tertiary/aromatic N) is 2. The topological polar surface area (TPSA) is 53.1 Å². The molecule has 0 aliphatic rings. The number of anilines is 1. The molecule has 0 aliphatic carbocycles. The van der Waals surface area contributed by atoms with Gasteiger partial charge in [-0.1, -0.05) is 13.0 Å². The van der Waals surface area contributed by atoms with Crippen LogP contribution in [0, 0.1) is 0 Å². The summed E-state index contributed by atoms with van der Waals surface area (Å²) in [6.45, 7) is 2.92. The van der Waals surface area contributed by atoms with Gasteiger partial charge in [0.2, 0.25) is 0 Å². The summed E-state index contributed by atoms with van der Waals surface area (Å²) in [7, 11) is 1.67. The maximum absolute atomic E-state index is 5.75. The first-order valence-corrected chi connectivity index (χ1v) is 6.17. The number of aryl methyl sites for hydroxylation is 1. The number of hydrogen-bond donors (Lipinski definition) is 1. The molecule has 1 aromatic heterocycles. The van der Waals surface area contributed by atoms with Gasteiger partial charge in [-0.05, 0) is 12.5 Å². The highest BCUT2D eigenvalue weighted by Crippen LogP contribution is 2.22. The van der Waals surface area contributed by atoms with E-state index < -0.39 is 0 Å². The van der Waals surface area contributed by atoms with Crippen LogP contribution in [0.5, 0.6) is 5.75 Å². The maximum Gasteiger partial charge on any atom is 0.125 e. The number of benzene rings is 1. The van der Waals surface area contributed by atoms with Crippen molar-refractivity contribution >= 4 is 5.69 Å². The van der Waals surface area contributed by atoms with Crippen LogP contribution in [0.1, 0.15) is 24.7 Å². The van der Waals surface area contributed by atoms with Crippen LogP contribution in [0.2, 0.25) is 0 Å². The molecule has 2 N–H and O–H groups in total. The van der Waals surface area contributed by atoms with Crippen molar-refractivity contribution in [2.24, 2.45) is 0 Å². The molecule has 0 atom stereocenters. The van der Waals surface area contributed by atoms with Crippen molar-refractivity contribution in [2.45, 2.75) is 26.3 Å². The van der Waals surface area contributed by atoms with Crippen LogP contribution < -0.4 is 10.5 Å². The second-order valence-electron chi connectivity index (χ2n) is 4.29. The van der Waals surface area contributed by atoms with Crippen LogP contribution in [0.4, 0.5) is 5.69 Å². The molecule has 0 saturated heterocycles. The summed E-state index contributed by atoms with van der Waals surface area (Å²) in [5.74, 6) is 1.93. The molecule has 2 rings (SSSR count). The van der Waals surface area contributed by atoms with Crippen LogP contribution in [-0.2, 0) is 13.0 Å². The van der Waals surface area contributed by atoms with E-state index in [0.717, 1.165) is 42.2 Å². The molecule has 96 valence electrons. The lowest BCUT2D eigenvalue weighted by atomic mass is 10.1. The van der Waals surface area contributed by atoms with Gasteiger partial charge in [-0.2, -0.15) is 0 Å². The standard InChI is InChI=1S/C14H19N3O/c1-3-4-14-16-7-8-17(14)10-11-5-6-12(15)9-13(11)18-2/h5-9H,3-4,10,15H2,1-2H3. The number of aromatic nitrogens is 2. The molecule has 1 heterocycles. The highest BCUT2D eigenvalue weighted by molar-refractivity contribution is 5.48. The van der Waals surface area contributed by atoms with Crippen molar-refractivity contribution in [3.05, 3.63) is 42.0 Å². The molecule has 2 aromatic rings. The lowest BCUT2D eigenvalue weighted by Crippen LogP contribution is -2.05. The molecule has 0 unspecified atom stereocenters. The van der Waals surface area contributed by atoms with E-state index in [9.17, 15) is 0 Å². The Morgan fingerprint density at radius 1 is 1.39 bits per heavy atom. The Labute approximate surface area is 107 Å². The predicted molar refractivity (Wildman–Crippen MR) is 72.7 cm³/mol. The number of ether oxygens (including phenoxy) is 1. The van der Waals surface area contributed by atoms with Gasteiger partial charge < -0.3 is 15.0 Å². The second kappa shape index (κ2) is 5.58. The molecule has 4 heteroatoms. The highest BCUT2D eigenvalue weighted by atomic mass is 16.5. The fourth-order valence-electron chi connectivity index (χ4n) is 2.01. The third-order valence-electron chi connectivity index (χ3n) is 2.93. The summed E-state index contributed by atoms with van der Waals surface area (Å²) in [4.78, 5) is 4.37. The van der Waals surface area contributed by atoms with Gasteiger partial charge >= 0.3 is 0 Å². The van der Waals surface area contributed by atoms with Crippen LogP contribution in [0.25, 0.3) is 0 Å². The molecule has 0 radical (unpaired) electrons. The Balaban J connectivity index is 2.25. The predicted octanol–water partition coefficient (Wildman–Crippen LogP) is 2.47. The lowest BCUT2D eigenvalue weighted by Gasteiger charge is -2.12. The third kappa shape index (κ3) is 2.64. The van der Waals surface area contributed by atoms with Crippen LogP contribution in [-0.4, -0.2) is 16.7 Å². The molecular formula is C14H19N3O. The minimum atomic E-state index is 0.718. The largest absolute Gasteiger partial charge is 0.496 e. The van der Waals surface area contributed by atoms with Crippen molar-refractivity contribution < 1.29 is 4.74 Å². The summed E-state index contributed by atoms with van der Waals surface area (Å²) in [6.07, 6.45) is 5.93. The van der Waals surface area contributed by atoms with Crippen LogP contribution in [0.15, 0.2) is 30.6 Å². The number of nitrogen functional groups attached to an aromatic ring is 1. The average Bonchev–Trinajstić information content (AvgIpc) is 2.79. The molecule has 18 heavy (non-hydrogen) atoms. The van der Waals surface area contributed by atoms with E-state index >= 15 is 0 Å². The molecule has 0 amide bonds. The van der Waals surface area contributed by atoms with Gasteiger partial charge in [-0.3, -0.25) is 0 Å². The van der Waals surface area contributed by atoms with Gasteiger partial charge in [0.1, 0.15) is 11.6 Å². The van der Waals surface area contributed by atoms with Crippen molar-refractivity contribution in [3.8, 4) is 5.75 Å². The van der Waals surface area contributed by atoms with Gasteiger partial charge in [-0.25, -0.2) is 4.98 Å². The molecule has 1 aromatic carbocycles. The van der Waals surface area contributed by atoms with Gasteiger partial charge in [0.05, 0.1) is 13.7 Å². The molecule has 0 spiro atoms. The minimum absolute atomic E-state index is 0.718. The van der Waals surface area contributed by atoms with E-state index in [0.29, 0.717) is 0 Å². The Kier molecular flexibility index (Phi) is 3.87. The van der Waals surface area contributed by atoms with E-state index in [1.807, 2.05) is 30.6 Å². The van der Waals surface area contributed by atoms with Gasteiger partial charge in [0.25, 0.3) is 0 Å². The summed E-state index contributed by atoms with van der Waals surface area (Å²) < 4.78 is 7.51. The van der Waals surface area contributed by atoms with Crippen LogP contribution >= 0.6 is 0 Å². The van der Waals surface area contributed by atoms with E-state index in [1.54, 1.807) is 7.11 Å². The van der Waals surface area contributed by atoms with Crippen molar-refractivity contribution in [3.63, 3.8) is 0 Å². The number of nitrogens with two attached hydrogens (primary N) is 1. The van der Waals surface area contributed by atoms with E-state index in [1.165, 1.54) is 0 Å².